The molecule has 2 atom stereocenters. The number of halogens is 1. The van der Waals surface area contributed by atoms with Crippen LogP contribution in [0, 0.1) is 5.41 Å². The molecule has 1 aliphatic rings. The normalized spacial score (nSPS) is 23.5. The van der Waals surface area contributed by atoms with Crippen LogP contribution in [0.25, 0.3) is 0 Å². The summed E-state index contributed by atoms with van der Waals surface area (Å²) >= 11 is 6.07. The Morgan fingerprint density at radius 1 is 1.53 bits per heavy atom. The van der Waals surface area contributed by atoms with E-state index in [0.717, 1.165) is 11.4 Å². The molecule has 0 saturated carbocycles. The molecular weight excluding hydrogens is 234 g/mol. The third-order valence-electron chi connectivity index (χ3n) is 3.46. The molecule has 0 aliphatic heterocycles. The summed E-state index contributed by atoms with van der Waals surface area (Å²) < 4.78 is 0. The molecule has 0 radical (unpaired) electrons. The Morgan fingerprint density at radius 2 is 2.24 bits per heavy atom. The van der Waals surface area contributed by atoms with Crippen molar-refractivity contribution in [2.45, 2.75) is 39.3 Å². The van der Waals surface area contributed by atoms with Gasteiger partial charge in [-0.2, -0.15) is 0 Å². The second kappa shape index (κ2) is 4.60. The van der Waals surface area contributed by atoms with E-state index in [2.05, 4.69) is 25.2 Å². The third kappa shape index (κ3) is 2.65. The molecule has 1 aromatic rings. The Bertz CT molecular complexity index is 415. The summed E-state index contributed by atoms with van der Waals surface area (Å²) in [6.07, 6.45) is 0.728. The fraction of sp³-hybridized carbons (Fsp3) is 0.571. The molecule has 2 unspecified atom stereocenters. The molecule has 0 fully saturated rings. The van der Waals surface area contributed by atoms with Gasteiger partial charge < -0.3 is 10.4 Å². The standard InChI is InChI=1S/C14H20ClNO/c1-9(17)8-16-13-12-6-11(15)5-4-10(12)7-14(13,2)3/h4-6,9,13,16-17H,7-8H2,1-3H3. The van der Waals surface area contributed by atoms with E-state index in [0.29, 0.717) is 6.54 Å². The maximum Gasteiger partial charge on any atom is 0.0636 e. The largest absolute Gasteiger partial charge is 0.392 e. The Labute approximate surface area is 108 Å². The molecule has 1 aromatic carbocycles. The van der Waals surface area contributed by atoms with Crippen molar-refractivity contribution in [3.05, 3.63) is 34.3 Å². The van der Waals surface area contributed by atoms with Crippen molar-refractivity contribution >= 4 is 11.6 Å². The molecule has 2 rings (SSSR count). The van der Waals surface area contributed by atoms with Crippen molar-refractivity contribution < 1.29 is 5.11 Å². The van der Waals surface area contributed by atoms with E-state index in [4.69, 9.17) is 11.6 Å². The highest BCUT2D eigenvalue weighted by atomic mass is 35.5. The number of aliphatic hydroxyl groups excluding tert-OH is 1. The zero-order chi connectivity index (χ0) is 12.6. The molecule has 94 valence electrons. The predicted octanol–water partition coefficient (Wildman–Crippen LogP) is 2.93. The second-order valence-electron chi connectivity index (χ2n) is 5.70. The van der Waals surface area contributed by atoms with Gasteiger partial charge in [-0.25, -0.2) is 0 Å². The van der Waals surface area contributed by atoms with Gasteiger partial charge in [-0.15, -0.1) is 0 Å². The first-order chi connectivity index (χ1) is 7.90. The Balaban J connectivity index is 2.27. The van der Waals surface area contributed by atoms with Crippen LogP contribution >= 0.6 is 11.6 Å². The molecular formula is C14H20ClNO. The lowest BCUT2D eigenvalue weighted by atomic mass is 9.85. The van der Waals surface area contributed by atoms with Crippen LogP contribution in [-0.4, -0.2) is 17.8 Å². The maximum atomic E-state index is 9.40. The van der Waals surface area contributed by atoms with E-state index in [1.54, 1.807) is 6.92 Å². The fourth-order valence-electron chi connectivity index (χ4n) is 2.68. The van der Waals surface area contributed by atoms with E-state index in [-0.39, 0.29) is 17.6 Å². The van der Waals surface area contributed by atoms with Gasteiger partial charge in [-0.1, -0.05) is 31.5 Å². The third-order valence-corrected chi connectivity index (χ3v) is 3.70. The number of benzene rings is 1. The first-order valence-corrected chi connectivity index (χ1v) is 6.48. The van der Waals surface area contributed by atoms with Gasteiger partial charge in [0.2, 0.25) is 0 Å². The summed E-state index contributed by atoms with van der Waals surface area (Å²) in [6.45, 7) is 6.91. The van der Waals surface area contributed by atoms with Gasteiger partial charge in [0.05, 0.1) is 6.10 Å². The van der Waals surface area contributed by atoms with Crippen LogP contribution in [-0.2, 0) is 6.42 Å². The first-order valence-electron chi connectivity index (χ1n) is 6.10. The topological polar surface area (TPSA) is 32.3 Å². The van der Waals surface area contributed by atoms with E-state index < -0.39 is 0 Å². The van der Waals surface area contributed by atoms with Gasteiger partial charge in [-0.3, -0.25) is 0 Å². The van der Waals surface area contributed by atoms with Crippen molar-refractivity contribution in [3.8, 4) is 0 Å². The Hall–Kier alpha value is -0.570. The van der Waals surface area contributed by atoms with Crippen LogP contribution in [0.15, 0.2) is 18.2 Å². The fourth-order valence-corrected chi connectivity index (χ4v) is 2.86. The molecule has 0 saturated heterocycles. The van der Waals surface area contributed by atoms with Gasteiger partial charge in [0.1, 0.15) is 0 Å². The number of nitrogens with one attached hydrogen (secondary N) is 1. The zero-order valence-electron chi connectivity index (χ0n) is 10.6. The van der Waals surface area contributed by atoms with Crippen LogP contribution in [0.1, 0.15) is 37.9 Å². The summed E-state index contributed by atoms with van der Waals surface area (Å²) in [6, 6.07) is 6.38. The van der Waals surface area contributed by atoms with Crippen molar-refractivity contribution in [2.75, 3.05) is 6.54 Å². The number of hydrogen-bond acceptors (Lipinski definition) is 2. The summed E-state index contributed by atoms with van der Waals surface area (Å²) in [5.74, 6) is 0. The van der Waals surface area contributed by atoms with Gasteiger partial charge in [0, 0.05) is 17.6 Å². The second-order valence-corrected chi connectivity index (χ2v) is 6.14. The van der Waals surface area contributed by atoms with Crippen LogP contribution in [0.4, 0.5) is 0 Å². The van der Waals surface area contributed by atoms with Crippen LogP contribution < -0.4 is 5.32 Å². The van der Waals surface area contributed by atoms with Crippen molar-refractivity contribution in [3.63, 3.8) is 0 Å². The van der Waals surface area contributed by atoms with E-state index in [1.807, 2.05) is 12.1 Å². The highest BCUT2D eigenvalue weighted by molar-refractivity contribution is 6.30. The molecule has 1 aliphatic carbocycles. The molecule has 0 amide bonds. The van der Waals surface area contributed by atoms with Gasteiger partial charge in [-0.05, 0) is 42.0 Å². The minimum atomic E-state index is -0.325. The molecule has 0 aromatic heterocycles. The Kier molecular flexibility index (Phi) is 3.48. The average Bonchev–Trinajstić information content (AvgIpc) is 2.45. The smallest absolute Gasteiger partial charge is 0.0636 e. The predicted molar refractivity (Wildman–Crippen MR) is 71.4 cm³/mol. The lowest BCUT2D eigenvalue weighted by Gasteiger charge is -2.29. The minimum Gasteiger partial charge on any atom is -0.392 e. The summed E-state index contributed by atoms with van der Waals surface area (Å²) in [5.41, 5.74) is 2.81. The number of rotatable bonds is 3. The Morgan fingerprint density at radius 3 is 2.88 bits per heavy atom. The van der Waals surface area contributed by atoms with Crippen molar-refractivity contribution in [1.29, 1.82) is 0 Å². The quantitative estimate of drug-likeness (QED) is 0.868. The maximum absolute atomic E-state index is 9.40. The van der Waals surface area contributed by atoms with Crippen LogP contribution in [0.5, 0.6) is 0 Å². The number of aliphatic hydroxyl groups is 1. The van der Waals surface area contributed by atoms with E-state index in [9.17, 15) is 5.11 Å². The lowest BCUT2D eigenvalue weighted by Crippen LogP contribution is -2.35. The summed E-state index contributed by atoms with van der Waals surface area (Å²) in [4.78, 5) is 0. The van der Waals surface area contributed by atoms with E-state index in [1.165, 1.54) is 11.1 Å². The average molecular weight is 254 g/mol. The first kappa shape index (κ1) is 12.9. The minimum absolute atomic E-state index is 0.169. The van der Waals surface area contributed by atoms with Crippen LogP contribution in [0.3, 0.4) is 0 Å². The SMILES string of the molecule is CC(O)CNC1c2cc(Cl)ccc2CC1(C)C. The summed E-state index contributed by atoms with van der Waals surface area (Å²) in [7, 11) is 0. The van der Waals surface area contributed by atoms with Gasteiger partial charge in [0.25, 0.3) is 0 Å². The molecule has 2 nitrogen and oxygen atoms in total. The summed E-state index contributed by atoms with van der Waals surface area (Å²) in [5, 5.41) is 13.6. The molecule has 17 heavy (non-hydrogen) atoms. The number of fused-ring (bicyclic) bond motifs is 1. The molecule has 0 heterocycles. The molecule has 2 N–H and O–H groups in total. The highest BCUT2D eigenvalue weighted by Gasteiger charge is 2.38. The van der Waals surface area contributed by atoms with Crippen LogP contribution in [0.2, 0.25) is 5.02 Å². The van der Waals surface area contributed by atoms with Gasteiger partial charge in [0.15, 0.2) is 0 Å². The lowest BCUT2D eigenvalue weighted by molar-refractivity contribution is 0.169. The zero-order valence-corrected chi connectivity index (χ0v) is 11.4. The molecule has 0 spiro atoms. The molecule has 0 bridgehead atoms. The highest BCUT2D eigenvalue weighted by Crippen LogP contribution is 2.45. The molecule has 3 heteroatoms. The van der Waals surface area contributed by atoms with Crippen molar-refractivity contribution in [1.82, 2.24) is 5.32 Å². The van der Waals surface area contributed by atoms with Gasteiger partial charge >= 0.3 is 0 Å². The number of hydrogen-bond donors (Lipinski definition) is 2. The monoisotopic (exact) mass is 253 g/mol. The van der Waals surface area contributed by atoms with Crippen molar-refractivity contribution in [2.24, 2.45) is 5.41 Å². The van der Waals surface area contributed by atoms with E-state index >= 15 is 0 Å².